The molecule has 0 saturated carbocycles. The largest absolute Gasteiger partial charge is 0.374 e. The van der Waals surface area contributed by atoms with Crippen LogP contribution in [0.5, 0.6) is 0 Å². The number of guanidine groups is 1. The van der Waals surface area contributed by atoms with Crippen molar-refractivity contribution in [1.82, 2.24) is 25.8 Å². The summed E-state index contributed by atoms with van der Waals surface area (Å²) in [6.45, 7) is 10.1. The predicted octanol–water partition coefficient (Wildman–Crippen LogP) is 0.333. The second kappa shape index (κ2) is 11.5. The molecular formula is C19H32N6O2. The van der Waals surface area contributed by atoms with Gasteiger partial charge >= 0.3 is 0 Å². The van der Waals surface area contributed by atoms with E-state index >= 15 is 0 Å². The summed E-state index contributed by atoms with van der Waals surface area (Å²) in [4.78, 5) is 22.6. The van der Waals surface area contributed by atoms with Crippen LogP contribution in [-0.2, 0) is 4.74 Å². The maximum Gasteiger partial charge on any atom is 0.252 e. The Morgan fingerprint density at radius 2 is 2.19 bits per heavy atom. The van der Waals surface area contributed by atoms with Gasteiger partial charge in [-0.05, 0) is 18.1 Å². The molecule has 3 N–H and O–H groups in total. The van der Waals surface area contributed by atoms with Gasteiger partial charge in [-0.15, -0.1) is 0 Å². The number of hydrogen-bond donors (Lipinski definition) is 3. The van der Waals surface area contributed by atoms with Crippen LogP contribution in [0.4, 0.5) is 0 Å². The molecule has 1 aromatic heterocycles. The molecule has 1 saturated heterocycles. The SMILES string of the molecule is CN=C(NCCNC(=O)c1cccnc1)NCC1CN(CC(C)C)CCO1. The van der Waals surface area contributed by atoms with Gasteiger partial charge in [0, 0.05) is 58.7 Å². The highest BCUT2D eigenvalue weighted by Gasteiger charge is 2.21. The predicted molar refractivity (Wildman–Crippen MR) is 107 cm³/mol. The highest BCUT2D eigenvalue weighted by molar-refractivity contribution is 5.93. The lowest BCUT2D eigenvalue weighted by Crippen LogP contribution is -2.50. The number of ether oxygens (including phenoxy) is 1. The van der Waals surface area contributed by atoms with Gasteiger partial charge in [0.2, 0.25) is 0 Å². The first kappa shape index (κ1) is 21.1. The minimum Gasteiger partial charge on any atom is -0.374 e. The van der Waals surface area contributed by atoms with Crippen molar-refractivity contribution in [2.75, 3.05) is 52.9 Å². The second-order valence-corrected chi connectivity index (χ2v) is 7.02. The van der Waals surface area contributed by atoms with Gasteiger partial charge in [0.1, 0.15) is 0 Å². The van der Waals surface area contributed by atoms with Gasteiger partial charge in [-0.2, -0.15) is 0 Å². The Bertz CT molecular complexity index is 593. The van der Waals surface area contributed by atoms with E-state index in [0.29, 0.717) is 37.1 Å². The lowest BCUT2D eigenvalue weighted by molar-refractivity contribution is -0.0284. The number of carbonyl (C=O) groups is 1. The third kappa shape index (κ3) is 7.92. The normalized spacial score (nSPS) is 18.4. The number of rotatable bonds is 8. The van der Waals surface area contributed by atoms with E-state index in [1.54, 1.807) is 31.6 Å². The molecule has 0 bridgehead atoms. The van der Waals surface area contributed by atoms with Crippen molar-refractivity contribution in [2.45, 2.75) is 20.0 Å². The van der Waals surface area contributed by atoms with Crippen molar-refractivity contribution in [1.29, 1.82) is 0 Å². The minimum absolute atomic E-state index is 0.131. The molecule has 8 nitrogen and oxygen atoms in total. The van der Waals surface area contributed by atoms with E-state index in [0.717, 1.165) is 26.2 Å². The van der Waals surface area contributed by atoms with E-state index in [2.05, 4.69) is 44.7 Å². The monoisotopic (exact) mass is 376 g/mol. The summed E-state index contributed by atoms with van der Waals surface area (Å²) in [5, 5.41) is 9.35. The number of aromatic nitrogens is 1. The molecule has 0 spiro atoms. The zero-order valence-corrected chi connectivity index (χ0v) is 16.6. The highest BCUT2D eigenvalue weighted by atomic mass is 16.5. The van der Waals surface area contributed by atoms with Crippen LogP contribution in [0.2, 0.25) is 0 Å². The first-order chi connectivity index (χ1) is 13.1. The van der Waals surface area contributed by atoms with Crippen molar-refractivity contribution < 1.29 is 9.53 Å². The Hall–Kier alpha value is -2.19. The lowest BCUT2D eigenvalue weighted by Gasteiger charge is -2.34. The second-order valence-electron chi connectivity index (χ2n) is 7.02. The number of hydrogen-bond acceptors (Lipinski definition) is 5. The Morgan fingerprint density at radius 1 is 1.37 bits per heavy atom. The lowest BCUT2D eigenvalue weighted by atomic mass is 10.2. The van der Waals surface area contributed by atoms with Crippen LogP contribution in [-0.4, -0.2) is 80.8 Å². The number of pyridine rings is 1. The number of carbonyl (C=O) groups excluding carboxylic acids is 1. The van der Waals surface area contributed by atoms with Crippen LogP contribution in [0.15, 0.2) is 29.5 Å². The van der Waals surface area contributed by atoms with E-state index in [9.17, 15) is 4.79 Å². The van der Waals surface area contributed by atoms with Crippen molar-refractivity contribution in [2.24, 2.45) is 10.9 Å². The van der Waals surface area contributed by atoms with E-state index < -0.39 is 0 Å². The zero-order valence-electron chi connectivity index (χ0n) is 16.6. The molecule has 27 heavy (non-hydrogen) atoms. The van der Waals surface area contributed by atoms with Crippen molar-refractivity contribution in [3.63, 3.8) is 0 Å². The van der Waals surface area contributed by atoms with Gasteiger partial charge in [-0.1, -0.05) is 13.8 Å². The maximum absolute atomic E-state index is 12.0. The summed E-state index contributed by atoms with van der Waals surface area (Å²) in [6.07, 6.45) is 3.35. The van der Waals surface area contributed by atoms with E-state index in [1.807, 2.05) is 0 Å². The molecule has 1 unspecified atom stereocenters. The molecule has 2 heterocycles. The Balaban J connectivity index is 1.63. The molecule has 1 amide bonds. The first-order valence-corrected chi connectivity index (χ1v) is 9.55. The van der Waals surface area contributed by atoms with Crippen LogP contribution >= 0.6 is 0 Å². The topological polar surface area (TPSA) is 90.9 Å². The van der Waals surface area contributed by atoms with E-state index in [-0.39, 0.29) is 12.0 Å². The number of nitrogens with zero attached hydrogens (tertiary/aromatic N) is 3. The van der Waals surface area contributed by atoms with Crippen LogP contribution < -0.4 is 16.0 Å². The van der Waals surface area contributed by atoms with Gasteiger partial charge in [-0.3, -0.25) is 19.7 Å². The zero-order chi connectivity index (χ0) is 19.5. The van der Waals surface area contributed by atoms with Crippen LogP contribution in [0.1, 0.15) is 24.2 Å². The van der Waals surface area contributed by atoms with Crippen LogP contribution in [0.25, 0.3) is 0 Å². The standard InChI is InChI=1S/C19H32N6O2/c1-15(2)13-25-9-10-27-17(14-25)12-24-19(20-3)23-8-7-22-18(26)16-5-4-6-21-11-16/h4-6,11,15,17H,7-10,12-14H2,1-3H3,(H,22,26)(H2,20,23,24). The smallest absolute Gasteiger partial charge is 0.252 e. The van der Waals surface area contributed by atoms with Gasteiger partial charge in [0.15, 0.2) is 5.96 Å². The number of aliphatic imine (C=N–C) groups is 1. The third-order valence-electron chi connectivity index (χ3n) is 4.19. The average Bonchev–Trinajstić information content (AvgIpc) is 2.67. The summed E-state index contributed by atoms with van der Waals surface area (Å²) in [5.41, 5.74) is 0.556. The quantitative estimate of drug-likeness (QED) is 0.344. The molecule has 0 aliphatic carbocycles. The number of amides is 1. The fourth-order valence-corrected chi connectivity index (χ4v) is 2.97. The summed E-state index contributed by atoms with van der Waals surface area (Å²) >= 11 is 0. The molecule has 0 radical (unpaired) electrons. The first-order valence-electron chi connectivity index (χ1n) is 9.55. The number of nitrogens with one attached hydrogen (secondary N) is 3. The fourth-order valence-electron chi connectivity index (χ4n) is 2.97. The molecule has 2 rings (SSSR count). The van der Waals surface area contributed by atoms with Crippen molar-refractivity contribution >= 4 is 11.9 Å². The Labute approximate surface area is 161 Å². The number of morpholine rings is 1. The summed E-state index contributed by atoms with van der Waals surface area (Å²) in [6, 6.07) is 3.48. The van der Waals surface area contributed by atoms with Gasteiger partial charge in [0.25, 0.3) is 5.91 Å². The van der Waals surface area contributed by atoms with Gasteiger partial charge in [0.05, 0.1) is 18.3 Å². The van der Waals surface area contributed by atoms with Crippen LogP contribution in [0, 0.1) is 5.92 Å². The molecule has 150 valence electrons. The Kier molecular flexibility index (Phi) is 9.00. The molecule has 1 atom stereocenters. The summed E-state index contributed by atoms with van der Waals surface area (Å²) in [7, 11) is 1.73. The molecule has 1 fully saturated rings. The fraction of sp³-hybridized carbons (Fsp3) is 0.632. The van der Waals surface area contributed by atoms with Crippen LogP contribution in [0.3, 0.4) is 0 Å². The Morgan fingerprint density at radius 3 is 2.89 bits per heavy atom. The summed E-state index contributed by atoms with van der Waals surface area (Å²) in [5.74, 6) is 1.23. The van der Waals surface area contributed by atoms with Gasteiger partial charge < -0.3 is 20.7 Å². The molecule has 0 aromatic carbocycles. The van der Waals surface area contributed by atoms with Crippen molar-refractivity contribution in [3.05, 3.63) is 30.1 Å². The molecule has 1 aliphatic heterocycles. The third-order valence-corrected chi connectivity index (χ3v) is 4.19. The highest BCUT2D eigenvalue weighted by Crippen LogP contribution is 2.07. The minimum atomic E-state index is -0.131. The molecule has 1 aliphatic rings. The molecule has 1 aromatic rings. The summed E-state index contributed by atoms with van der Waals surface area (Å²) < 4.78 is 5.84. The van der Waals surface area contributed by atoms with E-state index in [4.69, 9.17) is 4.74 Å². The van der Waals surface area contributed by atoms with Crippen molar-refractivity contribution in [3.8, 4) is 0 Å². The van der Waals surface area contributed by atoms with E-state index in [1.165, 1.54) is 0 Å². The maximum atomic E-state index is 12.0. The average molecular weight is 377 g/mol. The molecular weight excluding hydrogens is 344 g/mol. The van der Waals surface area contributed by atoms with Gasteiger partial charge in [-0.25, -0.2) is 0 Å². The molecule has 8 heteroatoms.